The lowest BCUT2D eigenvalue weighted by Crippen LogP contribution is -2.46. The Morgan fingerprint density at radius 1 is 1.00 bits per heavy atom. The Labute approximate surface area is 177 Å². The van der Waals surface area contributed by atoms with Crippen molar-refractivity contribution in [2.45, 2.75) is 19.6 Å². The fourth-order valence-corrected chi connectivity index (χ4v) is 3.48. The summed E-state index contributed by atoms with van der Waals surface area (Å²) in [5.41, 5.74) is 0.696. The number of carbonyl (C=O) groups excluding carboxylic acids is 1. The summed E-state index contributed by atoms with van der Waals surface area (Å²) in [6.07, 6.45) is 0. The highest BCUT2D eigenvalue weighted by Crippen LogP contribution is 2.35. The second kappa shape index (κ2) is 8.39. The molecule has 1 atom stereocenters. The molecule has 2 aromatic carbocycles. The highest BCUT2D eigenvalue weighted by atomic mass is 16.5. The summed E-state index contributed by atoms with van der Waals surface area (Å²) in [4.78, 5) is 39.0. The lowest BCUT2D eigenvalue weighted by molar-refractivity contribution is 0.248. The highest BCUT2D eigenvalue weighted by Gasteiger charge is 2.31. The lowest BCUT2D eigenvalue weighted by Gasteiger charge is -2.28. The molecule has 3 aromatic rings. The van der Waals surface area contributed by atoms with Crippen LogP contribution in [0.5, 0.6) is 11.5 Å². The van der Waals surface area contributed by atoms with Crippen LogP contribution >= 0.6 is 0 Å². The molecule has 160 valence electrons. The number of aromatic amines is 1. The molecule has 0 bridgehead atoms. The number of nitrogens with zero attached hydrogens (tertiary/aromatic N) is 1. The van der Waals surface area contributed by atoms with Crippen LogP contribution in [0.3, 0.4) is 0 Å². The van der Waals surface area contributed by atoms with Crippen molar-refractivity contribution in [2.24, 2.45) is 7.05 Å². The van der Waals surface area contributed by atoms with Crippen molar-refractivity contribution in [1.29, 1.82) is 0 Å². The molecule has 4 rings (SSSR count). The number of nitrogens with one attached hydrogen (secondary N) is 3. The van der Waals surface area contributed by atoms with E-state index in [0.717, 1.165) is 5.56 Å². The highest BCUT2D eigenvalue weighted by molar-refractivity contribution is 5.92. The first-order valence-corrected chi connectivity index (χ1v) is 9.82. The zero-order valence-electron chi connectivity index (χ0n) is 17.1. The van der Waals surface area contributed by atoms with Gasteiger partial charge < -0.3 is 14.8 Å². The predicted molar refractivity (Wildman–Crippen MR) is 115 cm³/mol. The first-order chi connectivity index (χ1) is 15.0. The lowest BCUT2D eigenvalue weighted by atomic mass is 9.98. The Kier molecular flexibility index (Phi) is 5.48. The summed E-state index contributed by atoms with van der Waals surface area (Å²) < 4.78 is 12.9. The number of fused-ring (bicyclic) bond motifs is 1. The van der Waals surface area contributed by atoms with Gasteiger partial charge in [-0.1, -0.05) is 36.4 Å². The van der Waals surface area contributed by atoms with E-state index in [9.17, 15) is 14.4 Å². The van der Waals surface area contributed by atoms with Gasteiger partial charge in [-0.2, -0.15) is 0 Å². The molecule has 3 N–H and O–H groups in total. The maximum absolute atomic E-state index is 12.5. The van der Waals surface area contributed by atoms with Crippen LogP contribution in [-0.4, -0.2) is 22.2 Å². The molecule has 1 aliphatic heterocycles. The number of ether oxygens (including phenoxy) is 2. The van der Waals surface area contributed by atoms with Crippen LogP contribution in [0.4, 0.5) is 10.6 Å². The quantitative estimate of drug-likeness (QED) is 0.564. The summed E-state index contributed by atoms with van der Waals surface area (Å²) >= 11 is 0. The molecule has 0 radical (unpaired) electrons. The van der Waals surface area contributed by atoms with E-state index >= 15 is 0 Å². The molecular formula is C22H22N4O5. The van der Waals surface area contributed by atoms with Gasteiger partial charge in [-0.15, -0.1) is 0 Å². The number of benzene rings is 2. The van der Waals surface area contributed by atoms with Crippen molar-refractivity contribution in [2.75, 3.05) is 11.9 Å². The SMILES string of the molecule is CCOc1cc(C2NC(=O)Nc3c2c(=O)[nH]c(=O)n3C)ccc1OCc1ccccc1. The average molecular weight is 422 g/mol. The maximum atomic E-state index is 12.5. The van der Waals surface area contributed by atoms with Crippen LogP contribution in [0, 0.1) is 0 Å². The van der Waals surface area contributed by atoms with E-state index in [1.165, 1.54) is 11.6 Å². The second-order valence-electron chi connectivity index (χ2n) is 7.03. The summed E-state index contributed by atoms with van der Waals surface area (Å²) in [5.74, 6) is 1.20. The second-order valence-corrected chi connectivity index (χ2v) is 7.03. The summed E-state index contributed by atoms with van der Waals surface area (Å²) in [5, 5.41) is 5.28. The fourth-order valence-electron chi connectivity index (χ4n) is 3.48. The van der Waals surface area contributed by atoms with Crippen molar-refractivity contribution in [3.8, 4) is 11.5 Å². The van der Waals surface area contributed by atoms with Gasteiger partial charge in [-0.25, -0.2) is 9.59 Å². The average Bonchev–Trinajstić information content (AvgIpc) is 2.77. The molecule has 9 heteroatoms. The molecule has 0 spiro atoms. The number of aromatic nitrogens is 2. The van der Waals surface area contributed by atoms with Gasteiger partial charge in [0.05, 0.1) is 18.2 Å². The number of hydrogen-bond donors (Lipinski definition) is 3. The van der Waals surface area contributed by atoms with E-state index in [-0.39, 0.29) is 11.4 Å². The van der Waals surface area contributed by atoms with Crippen molar-refractivity contribution in [1.82, 2.24) is 14.9 Å². The minimum Gasteiger partial charge on any atom is -0.490 e. The van der Waals surface area contributed by atoms with Crippen molar-refractivity contribution < 1.29 is 14.3 Å². The molecule has 0 aliphatic carbocycles. The van der Waals surface area contributed by atoms with E-state index in [0.29, 0.717) is 30.3 Å². The predicted octanol–water partition coefficient (Wildman–Crippen LogP) is 2.28. The minimum atomic E-state index is -0.762. The van der Waals surface area contributed by atoms with Gasteiger partial charge in [0.2, 0.25) is 0 Å². The zero-order chi connectivity index (χ0) is 22.0. The Morgan fingerprint density at radius 2 is 1.77 bits per heavy atom. The Balaban J connectivity index is 1.71. The normalized spacial score (nSPS) is 14.9. The number of urea groups is 1. The van der Waals surface area contributed by atoms with E-state index in [1.807, 2.05) is 37.3 Å². The zero-order valence-corrected chi connectivity index (χ0v) is 17.1. The third kappa shape index (κ3) is 4.02. The van der Waals surface area contributed by atoms with Crippen LogP contribution in [0.2, 0.25) is 0 Å². The van der Waals surface area contributed by atoms with Gasteiger partial charge in [-0.3, -0.25) is 19.7 Å². The first-order valence-electron chi connectivity index (χ1n) is 9.82. The van der Waals surface area contributed by atoms with Crippen molar-refractivity contribution >= 4 is 11.8 Å². The minimum absolute atomic E-state index is 0.157. The molecule has 0 saturated carbocycles. The molecule has 0 saturated heterocycles. The fraction of sp³-hybridized carbons (Fsp3) is 0.227. The summed E-state index contributed by atoms with van der Waals surface area (Å²) in [7, 11) is 1.48. The molecule has 9 nitrogen and oxygen atoms in total. The van der Waals surface area contributed by atoms with Crippen LogP contribution in [0.15, 0.2) is 58.1 Å². The number of carbonyl (C=O) groups is 1. The van der Waals surface area contributed by atoms with Gasteiger partial charge >= 0.3 is 11.7 Å². The molecule has 2 amide bonds. The topological polar surface area (TPSA) is 114 Å². The van der Waals surface area contributed by atoms with E-state index in [4.69, 9.17) is 9.47 Å². The number of hydrogen-bond acceptors (Lipinski definition) is 5. The molecular weight excluding hydrogens is 400 g/mol. The van der Waals surface area contributed by atoms with Gasteiger partial charge in [0.15, 0.2) is 11.5 Å². The van der Waals surface area contributed by atoms with Gasteiger partial charge in [0, 0.05) is 7.05 Å². The van der Waals surface area contributed by atoms with E-state index < -0.39 is 23.3 Å². The van der Waals surface area contributed by atoms with Crippen molar-refractivity contribution in [3.63, 3.8) is 0 Å². The number of H-pyrrole nitrogens is 1. The number of rotatable bonds is 6. The molecule has 2 heterocycles. The molecule has 31 heavy (non-hydrogen) atoms. The van der Waals surface area contributed by atoms with Crippen molar-refractivity contribution in [3.05, 3.63) is 86.1 Å². The molecule has 1 aliphatic rings. The molecule has 1 aromatic heterocycles. The van der Waals surface area contributed by atoms with E-state index in [1.54, 1.807) is 18.2 Å². The number of anilines is 1. The summed E-state index contributed by atoms with van der Waals surface area (Å²) in [6.45, 7) is 2.64. The monoisotopic (exact) mass is 422 g/mol. The molecule has 1 unspecified atom stereocenters. The van der Waals surface area contributed by atoms with Crippen LogP contribution < -0.4 is 31.4 Å². The Hall–Kier alpha value is -4.01. The third-order valence-corrected chi connectivity index (χ3v) is 4.99. The maximum Gasteiger partial charge on any atom is 0.329 e. The Bertz CT molecular complexity index is 1230. The standard InChI is InChI=1S/C22H22N4O5/c1-3-30-16-11-14(9-10-15(16)31-12-13-7-5-4-6-8-13)18-17-19(24-21(28)23-18)26(2)22(29)25-20(17)27/h4-11,18H,3,12H2,1-2H3,(H2,23,24,28)(H,25,27,29). The summed E-state index contributed by atoms with van der Waals surface area (Å²) in [6, 6.07) is 13.7. The Morgan fingerprint density at radius 3 is 2.52 bits per heavy atom. The third-order valence-electron chi connectivity index (χ3n) is 4.99. The first kappa shape index (κ1) is 20.3. The smallest absolute Gasteiger partial charge is 0.329 e. The van der Waals surface area contributed by atoms with Gasteiger partial charge in [0.1, 0.15) is 12.4 Å². The largest absolute Gasteiger partial charge is 0.490 e. The van der Waals surface area contributed by atoms with Crippen LogP contribution in [-0.2, 0) is 13.7 Å². The molecule has 0 fully saturated rings. The van der Waals surface area contributed by atoms with Crippen LogP contribution in [0.1, 0.15) is 29.7 Å². The van der Waals surface area contributed by atoms with E-state index in [2.05, 4.69) is 15.6 Å². The van der Waals surface area contributed by atoms with Gasteiger partial charge in [0.25, 0.3) is 5.56 Å². The van der Waals surface area contributed by atoms with Gasteiger partial charge in [-0.05, 0) is 30.2 Å². The van der Waals surface area contributed by atoms with Crippen LogP contribution in [0.25, 0.3) is 0 Å². The number of amides is 2.